The van der Waals surface area contributed by atoms with E-state index in [-0.39, 0.29) is 18.6 Å². The summed E-state index contributed by atoms with van der Waals surface area (Å²) in [7, 11) is 0. The van der Waals surface area contributed by atoms with Gasteiger partial charge in [-0.05, 0) is 30.5 Å². The Morgan fingerprint density at radius 3 is 2.64 bits per heavy atom. The first kappa shape index (κ1) is 17.8. The largest absolute Gasteiger partial charge is 0.447 e. The van der Waals surface area contributed by atoms with Crippen molar-refractivity contribution in [3.05, 3.63) is 69.7 Å². The van der Waals surface area contributed by atoms with Crippen LogP contribution in [0.5, 0.6) is 0 Å². The van der Waals surface area contributed by atoms with E-state index in [4.69, 9.17) is 27.9 Å². The number of imide groups is 1. The van der Waals surface area contributed by atoms with E-state index in [2.05, 4.69) is 0 Å². The van der Waals surface area contributed by atoms with Crippen LogP contribution in [0.3, 0.4) is 0 Å². The molecule has 0 aliphatic carbocycles. The summed E-state index contributed by atoms with van der Waals surface area (Å²) in [6, 6.07) is 14.5. The van der Waals surface area contributed by atoms with E-state index in [0.29, 0.717) is 22.0 Å². The molecule has 2 aromatic carbocycles. The summed E-state index contributed by atoms with van der Waals surface area (Å²) >= 11 is 12.3. The van der Waals surface area contributed by atoms with Gasteiger partial charge < -0.3 is 4.74 Å². The number of nitrogens with zero attached hydrogens (tertiary/aromatic N) is 1. The highest BCUT2D eigenvalue weighted by Gasteiger charge is 2.40. The van der Waals surface area contributed by atoms with Crippen molar-refractivity contribution in [3.8, 4) is 0 Å². The van der Waals surface area contributed by atoms with Gasteiger partial charge in [-0.25, -0.2) is 9.69 Å². The minimum absolute atomic E-state index is 0.190. The Kier molecular flexibility index (Phi) is 5.30. The average molecular weight is 378 g/mol. The number of ether oxygens (including phenoxy) is 1. The van der Waals surface area contributed by atoms with Crippen LogP contribution in [-0.4, -0.2) is 29.5 Å². The molecule has 0 N–H and O–H groups in total. The van der Waals surface area contributed by atoms with Crippen molar-refractivity contribution in [2.45, 2.75) is 25.3 Å². The molecule has 0 unspecified atom stereocenters. The Labute approximate surface area is 156 Å². The van der Waals surface area contributed by atoms with Gasteiger partial charge in [0.1, 0.15) is 6.61 Å². The Balaban J connectivity index is 1.83. The normalized spacial score (nSPS) is 18.1. The first-order valence-corrected chi connectivity index (χ1v) is 8.72. The van der Waals surface area contributed by atoms with Gasteiger partial charge in [-0.15, -0.1) is 0 Å². The fraction of sp³-hybridized carbons (Fsp3) is 0.263. The van der Waals surface area contributed by atoms with Crippen LogP contribution in [0.25, 0.3) is 0 Å². The van der Waals surface area contributed by atoms with E-state index < -0.39 is 12.0 Å². The molecule has 2 amide bonds. The van der Waals surface area contributed by atoms with Crippen molar-refractivity contribution < 1.29 is 14.3 Å². The van der Waals surface area contributed by atoms with E-state index in [1.54, 1.807) is 25.1 Å². The number of hydrogen-bond donors (Lipinski definition) is 0. The van der Waals surface area contributed by atoms with E-state index in [1.165, 1.54) is 4.90 Å². The molecule has 6 heteroatoms. The fourth-order valence-corrected chi connectivity index (χ4v) is 3.43. The lowest BCUT2D eigenvalue weighted by Gasteiger charge is -2.23. The first-order chi connectivity index (χ1) is 12.0. The fourth-order valence-electron chi connectivity index (χ4n) is 2.96. The Hall–Kier alpha value is -2.04. The second kappa shape index (κ2) is 7.46. The van der Waals surface area contributed by atoms with Gasteiger partial charge in [-0.1, -0.05) is 65.7 Å². The van der Waals surface area contributed by atoms with Crippen molar-refractivity contribution in [2.75, 3.05) is 6.61 Å². The molecule has 0 radical (unpaired) electrons. The van der Waals surface area contributed by atoms with Crippen LogP contribution in [0.2, 0.25) is 10.0 Å². The molecule has 130 valence electrons. The summed E-state index contributed by atoms with van der Waals surface area (Å²) in [5.74, 6) is -0.942. The third-order valence-corrected chi connectivity index (χ3v) is 5.16. The number of amides is 2. The van der Waals surface area contributed by atoms with Crippen LogP contribution in [0, 0.1) is 0 Å². The van der Waals surface area contributed by atoms with Gasteiger partial charge in [0.25, 0.3) is 0 Å². The first-order valence-electron chi connectivity index (χ1n) is 7.96. The van der Waals surface area contributed by atoms with Gasteiger partial charge in [0.15, 0.2) is 0 Å². The summed E-state index contributed by atoms with van der Waals surface area (Å²) in [5, 5.41) is 0.709. The van der Waals surface area contributed by atoms with Gasteiger partial charge in [0, 0.05) is 0 Å². The number of benzene rings is 2. The van der Waals surface area contributed by atoms with E-state index in [0.717, 1.165) is 5.56 Å². The molecule has 25 heavy (non-hydrogen) atoms. The predicted molar refractivity (Wildman–Crippen MR) is 97.0 cm³/mol. The smallest absolute Gasteiger partial charge is 0.417 e. The van der Waals surface area contributed by atoms with Gasteiger partial charge >= 0.3 is 6.09 Å². The van der Waals surface area contributed by atoms with Crippen LogP contribution in [-0.2, 0) is 16.0 Å². The molecule has 1 heterocycles. The summed E-state index contributed by atoms with van der Waals surface area (Å²) < 4.78 is 5.12. The second-order valence-corrected chi connectivity index (χ2v) is 6.78. The maximum absolute atomic E-state index is 12.9. The van der Waals surface area contributed by atoms with Crippen LogP contribution >= 0.6 is 23.2 Å². The third kappa shape index (κ3) is 3.65. The molecule has 2 aromatic rings. The molecule has 0 aromatic heterocycles. The summed E-state index contributed by atoms with van der Waals surface area (Å²) in [6.45, 7) is 1.90. The van der Waals surface area contributed by atoms with Crippen molar-refractivity contribution in [3.63, 3.8) is 0 Å². The zero-order chi connectivity index (χ0) is 18.0. The van der Waals surface area contributed by atoms with Crippen molar-refractivity contribution in [2.24, 2.45) is 0 Å². The predicted octanol–water partition coefficient (Wildman–Crippen LogP) is 4.69. The van der Waals surface area contributed by atoms with Crippen molar-refractivity contribution in [1.29, 1.82) is 0 Å². The number of carbonyl (C=O) groups excluding carboxylic acids is 2. The Bertz CT molecular complexity index is 795. The highest BCUT2D eigenvalue weighted by Crippen LogP contribution is 2.33. The number of cyclic esters (lactones) is 1. The number of carbonyl (C=O) groups is 2. The molecular formula is C19H17Cl2NO3. The van der Waals surface area contributed by atoms with Gasteiger partial charge in [0.2, 0.25) is 5.91 Å². The topological polar surface area (TPSA) is 46.6 Å². The summed E-state index contributed by atoms with van der Waals surface area (Å²) in [5.41, 5.74) is 1.63. The highest BCUT2D eigenvalue weighted by atomic mass is 35.5. The number of halogens is 2. The van der Waals surface area contributed by atoms with Crippen LogP contribution in [0.1, 0.15) is 24.0 Å². The molecular weight excluding hydrogens is 361 g/mol. The zero-order valence-electron chi connectivity index (χ0n) is 13.6. The van der Waals surface area contributed by atoms with E-state index in [9.17, 15) is 9.59 Å². The van der Waals surface area contributed by atoms with Crippen molar-refractivity contribution >= 4 is 35.2 Å². The molecule has 1 fully saturated rings. The number of hydrogen-bond acceptors (Lipinski definition) is 3. The van der Waals surface area contributed by atoms with Gasteiger partial charge in [-0.2, -0.15) is 0 Å². The summed E-state index contributed by atoms with van der Waals surface area (Å²) in [4.78, 5) is 26.3. The van der Waals surface area contributed by atoms with Crippen LogP contribution in [0.15, 0.2) is 48.5 Å². The lowest BCUT2D eigenvalue weighted by molar-refractivity contribution is -0.130. The molecule has 1 saturated heterocycles. The minimum Gasteiger partial charge on any atom is -0.447 e. The Morgan fingerprint density at radius 2 is 1.92 bits per heavy atom. The maximum Gasteiger partial charge on any atom is 0.417 e. The van der Waals surface area contributed by atoms with Gasteiger partial charge in [0.05, 0.1) is 22.0 Å². The lowest BCUT2D eigenvalue weighted by atomic mass is 9.98. The SMILES string of the molecule is C[C@@H](C(=O)N1C(=O)OC[C@H]1Cc1ccccc1)c1cccc(Cl)c1Cl. The molecule has 2 atom stereocenters. The van der Waals surface area contributed by atoms with Crippen LogP contribution < -0.4 is 0 Å². The average Bonchev–Trinajstić information content (AvgIpc) is 2.97. The Morgan fingerprint density at radius 1 is 1.20 bits per heavy atom. The zero-order valence-corrected chi connectivity index (χ0v) is 15.1. The molecule has 1 aliphatic heterocycles. The molecule has 0 saturated carbocycles. The molecule has 0 bridgehead atoms. The third-order valence-electron chi connectivity index (χ3n) is 4.33. The van der Waals surface area contributed by atoms with Crippen molar-refractivity contribution in [1.82, 2.24) is 4.90 Å². The summed E-state index contributed by atoms with van der Waals surface area (Å²) in [6.07, 6.45) is -0.0650. The van der Waals surface area contributed by atoms with Gasteiger partial charge in [-0.3, -0.25) is 4.79 Å². The monoisotopic (exact) mass is 377 g/mol. The van der Waals surface area contributed by atoms with Crippen LogP contribution in [0.4, 0.5) is 4.79 Å². The number of rotatable bonds is 4. The molecule has 0 spiro atoms. The standard InChI is InChI=1S/C19H17Cl2NO3/c1-12(15-8-5-9-16(20)17(15)21)18(23)22-14(11-25-19(22)24)10-13-6-3-2-4-7-13/h2-9,12,14H,10-11H2,1H3/t12-,14-/m1/s1. The van der Waals surface area contributed by atoms with E-state index in [1.807, 2.05) is 30.3 Å². The van der Waals surface area contributed by atoms with E-state index >= 15 is 0 Å². The molecule has 1 aliphatic rings. The minimum atomic E-state index is -0.615. The molecule has 4 nitrogen and oxygen atoms in total. The second-order valence-electron chi connectivity index (χ2n) is 5.99. The maximum atomic E-state index is 12.9. The highest BCUT2D eigenvalue weighted by molar-refractivity contribution is 6.42. The molecule has 3 rings (SSSR count). The lowest BCUT2D eigenvalue weighted by Crippen LogP contribution is -2.42. The quantitative estimate of drug-likeness (QED) is 0.776.